The molecule has 6 rings (SSSR count). The standard InChI is InChI=1S/2C10H10N4S2.2C4H8O.2Ag.F2.11FH.2Sb/c2*1-7(9-11-3-5-15-9)13-14-8(2)10-12-4-6-16-10;2*1-2-4-5-3-1;;;1-2;;;;;;;;;;;;;/h2*3-6H,1-2H3;2*1-4H2;;;;11*1H;;/q;;;;2*+1;;;;;;;;;;;;;;+5/p-11/b2*13-7+,14-8+;;;;;;;;;;;;;;;;;;. The van der Waals surface area contributed by atoms with Crippen molar-refractivity contribution in [2.45, 2.75) is 53.4 Å². The minimum Gasteiger partial charge on any atom is -1.00 e. The minimum atomic E-state index is 0. The molecule has 4 aromatic heterocycles. The SMILES string of the molecule is C/C(=N\N=C(/C)c1nccs1)c1nccs1.C/C(=N\N=C(/C)c1nccs1)c1nccs1.C1CCOC1.C1CCOC1.FF.[Ag+].[Ag+].[F-].[F-].[F-].[F-].[F-].[F-].[F-].[F-].[F-].[F-].[F-].[Sb+5].[Sb]. The van der Waals surface area contributed by atoms with Crippen LogP contribution in [0, 0.1) is 0 Å². The summed E-state index contributed by atoms with van der Waals surface area (Å²) in [5, 5.41) is 27.9. The van der Waals surface area contributed by atoms with Crippen LogP contribution in [0.4, 0.5) is 9.15 Å². The van der Waals surface area contributed by atoms with Crippen molar-refractivity contribution >= 4 is 117 Å². The molecule has 0 amide bonds. The molecule has 0 aromatic carbocycles. The zero-order valence-electron chi connectivity index (χ0n) is 30.7. The summed E-state index contributed by atoms with van der Waals surface area (Å²) in [5.74, 6) is 0. The second-order valence-corrected chi connectivity index (χ2v) is 12.3. The van der Waals surface area contributed by atoms with E-state index >= 15 is 0 Å². The normalized spacial score (nSPS) is 11.3. The third kappa shape index (κ3) is 43.8. The van der Waals surface area contributed by atoms with E-state index in [2.05, 4.69) is 40.3 Å². The molecule has 0 bridgehead atoms. The predicted molar refractivity (Wildman–Crippen MR) is 191 cm³/mol. The molecule has 2 aliphatic heterocycles. The summed E-state index contributed by atoms with van der Waals surface area (Å²) in [7, 11) is 0. The van der Waals surface area contributed by atoms with Gasteiger partial charge in [0.25, 0.3) is 0 Å². The van der Waals surface area contributed by atoms with Gasteiger partial charge in [-0.3, -0.25) is 0 Å². The molecule has 0 N–H and O–H groups in total. The van der Waals surface area contributed by atoms with Crippen molar-refractivity contribution < 1.29 is 115 Å². The van der Waals surface area contributed by atoms with Gasteiger partial charge in [0.1, 0.15) is 20.0 Å². The van der Waals surface area contributed by atoms with Crippen LogP contribution < -0.4 is 51.7 Å². The van der Waals surface area contributed by atoms with Gasteiger partial charge in [0.05, 0.1) is 22.8 Å². The second-order valence-electron chi connectivity index (χ2n) is 8.73. The molecule has 10 nitrogen and oxygen atoms in total. The summed E-state index contributed by atoms with van der Waals surface area (Å²) >= 11 is 6.22. The van der Waals surface area contributed by atoms with Crippen molar-refractivity contribution in [1.82, 2.24) is 19.9 Å². The molecule has 59 heavy (non-hydrogen) atoms. The van der Waals surface area contributed by atoms with Crippen molar-refractivity contribution in [2.24, 2.45) is 20.4 Å². The fourth-order valence-electron chi connectivity index (χ4n) is 3.10. The van der Waals surface area contributed by atoms with Crippen LogP contribution in [0.2, 0.25) is 0 Å². The summed E-state index contributed by atoms with van der Waals surface area (Å²) < 4.78 is 25.9. The molecule has 0 aliphatic carbocycles. The van der Waals surface area contributed by atoms with E-state index in [1.165, 1.54) is 25.7 Å². The molecule has 2 saturated heterocycles. The molecule has 6 heterocycles. The van der Waals surface area contributed by atoms with Crippen LogP contribution >= 0.6 is 45.3 Å². The number of halogens is 13. The number of ether oxygens (including phenoxy) is 2. The Labute approximate surface area is 414 Å². The summed E-state index contributed by atoms with van der Waals surface area (Å²) in [6, 6.07) is 0. The van der Waals surface area contributed by atoms with E-state index in [-0.39, 0.29) is 145 Å². The molecule has 0 spiro atoms. The maximum absolute atomic E-state index is 8.00. The van der Waals surface area contributed by atoms with Gasteiger partial charge in [-0.25, -0.2) is 19.9 Å². The van der Waals surface area contributed by atoms with Gasteiger partial charge >= 0.3 is 69.2 Å². The maximum Gasteiger partial charge on any atom is 5.00 e. The summed E-state index contributed by atoms with van der Waals surface area (Å²) in [5.41, 5.74) is 3.30. The fourth-order valence-corrected chi connectivity index (χ4v) is 5.44. The third-order valence-electron chi connectivity index (χ3n) is 5.32. The van der Waals surface area contributed by atoms with Crippen molar-refractivity contribution in [2.75, 3.05) is 26.4 Å². The Morgan fingerprint density at radius 2 is 0.610 bits per heavy atom. The maximum atomic E-state index is 8.00. The Morgan fingerprint density at radius 3 is 0.712 bits per heavy atom. The van der Waals surface area contributed by atoms with Gasteiger partial charge in [0.15, 0.2) is 0 Å². The van der Waals surface area contributed by atoms with Gasteiger partial charge in [-0.15, -0.1) is 45.3 Å². The van der Waals surface area contributed by atoms with Gasteiger partial charge in [-0.1, -0.05) is 0 Å². The number of thiazole rings is 4. The Morgan fingerprint density at radius 1 is 0.441 bits per heavy atom. The number of nitrogens with zero attached hydrogens (tertiary/aromatic N) is 8. The van der Waals surface area contributed by atoms with Gasteiger partial charge in [0.2, 0.25) is 0 Å². The van der Waals surface area contributed by atoms with E-state index < -0.39 is 0 Å². The van der Waals surface area contributed by atoms with Gasteiger partial charge in [-0.05, 0) is 53.4 Å². The molecule has 31 heteroatoms. The monoisotopic (exact) mass is 1350 g/mol. The molecular formula is C28H36Ag2F13N8O2S4Sb2-4. The molecule has 2 fully saturated rings. The Balaban J connectivity index is -0.0000000373. The average molecular weight is 1350 g/mol. The van der Waals surface area contributed by atoms with Gasteiger partial charge in [0, 0.05) is 106 Å². The van der Waals surface area contributed by atoms with E-state index in [1.807, 2.05) is 49.2 Å². The Hall–Kier alpha value is -0.673. The van der Waals surface area contributed by atoms with Crippen LogP contribution in [-0.2, 0) is 54.2 Å². The quantitative estimate of drug-likeness (QED) is 0.0821. The van der Waals surface area contributed by atoms with E-state index in [1.54, 1.807) is 70.1 Å². The summed E-state index contributed by atoms with van der Waals surface area (Å²) in [4.78, 5) is 16.6. The minimum absolute atomic E-state index is 0. The number of hydrogen-bond acceptors (Lipinski definition) is 14. The topological polar surface area (TPSA) is 119 Å². The average Bonchev–Trinajstić information content (AvgIpc) is 3.93. The van der Waals surface area contributed by atoms with Crippen LogP contribution in [0.3, 0.4) is 0 Å². The van der Waals surface area contributed by atoms with Crippen LogP contribution in [0.15, 0.2) is 66.7 Å². The zero-order chi connectivity index (χ0) is 31.8. The number of aromatic nitrogens is 4. The first-order valence-corrected chi connectivity index (χ1v) is 17.1. The van der Waals surface area contributed by atoms with Crippen LogP contribution in [-0.4, -0.2) is 118 Å². The van der Waals surface area contributed by atoms with Crippen LogP contribution in [0.5, 0.6) is 0 Å². The third-order valence-corrected chi connectivity index (χ3v) is 8.85. The molecule has 0 atom stereocenters. The van der Waals surface area contributed by atoms with Crippen molar-refractivity contribution in [1.29, 1.82) is 0 Å². The molecule has 0 unspecified atom stereocenters. The first-order valence-electron chi connectivity index (χ1n) is 13.6. The smallest absolute Gasteiger partial charge is 1.00 e. The number of hydrogen-bond donors (Lipinski definition) is 0. The zero-order valence-corrected chi connectivity index (χ0v) is 42.0. The Kier molecular flexibility index (Phi) is 106. The van der Waals surface area contributed by atoms with E-state index in [4.69, 9.17) is 18.6 Å². The van der Waals surface area contributed by atoms with Crippen molar-refractivity contribution in [3.8, 4) is 0 Å². The molecular weight excluding hydrogens is 1310 g/mol. The molecule has 351 valence electrons. The van der Waals surface area contributed by atoms with E-state index in [0.29, 0.717) is 0 Å². The molecule has 3 radical (unpaired) electrons. The van der Waals surface area contributed by atoms with E-state index in [9.17, 15) is 0 Å². The van der Waals surface area contributed by atoms with Crippen LogP contribution in [0.1, 0.15) is 73.4 Å². The van der Waals surface area contributed by atoms with Gasteiger partial charge in [-0.2, -0.15) is 20.4 Å². The Bertz CT molecular complexity index is 1210. The van der Waals surface area contributed by atoms with Crippen molar-refractivity contribution in [3.63, 3.8) is 0 Å². The van der Waals surface area contributed by atoms with Crippen molar-refractivity contribution in [3.05, 3.63) is 66.3 Å². The number of rotatable bonds is 6. The van der Waals surface area contributed by atoms with E-state index in [0.717, 1.165) is 69.3 Å². The van der Waals surface area contributed by atoms with Crippen LogP contribution in [0.25, 0.3) is 0 Å². The first kappa shape index (κ1) is 97.6. The first-order chi connectivity index (χ1) is 21.5. The summed E-state index contributed by atoms with van der Waals surface area (Å²) in [6.07, 6.45) is 12.2. The fraction of sp³-hybridized carbons (Fsp3) is 0.429. The molecule has 0 saturated carbocycles. The molecule has 2 aliphatic rings. The van der Waals surface area contributed by atoms with Gasteiger partial charge < -0.3 is 61.2 Å². The largest absolute Gasteiger partial charge is 5.00 e. The molecule has 4 aromatic rings. The second kappa shape index (κ2) is 64.0. The summed E-state index contributed by atoms with van der Waals surface area (Å²) in [6.45, 7) is 11.6. The predicted octanol–water partition coefficient (Wildman–Crippen LogP) is -25.6.